The van der Waals surface area contributed by atoms with Crippen LogP contribution in [0, 0.1) is 6.92 Å². The summed E-state index contributed by atoms with van der Waals surface area (Å²) in [4.78, 5) is 0. The van der Waals surface area contributed by atoms with E-state index in [1.165, 1.54) is 5.56 Å². The zero-order valence-corrected chi connectivity index (χ0v) is 7.80. The topological polar surface area (TPSA) is 37.3 Å². The van der Waals surface area contributed by atoms with Gasteiger partial charge >= 0.3 is 0 Å². The molecular formula is C9H12O2S. The van der Waals surface area contributed by atoms with Crippen molar-refractivity contribution in [3.05, 3.63) is 35.4 Å². The summed E-state index contributed by atoms with van der Waals surface area (Å²) in [6.45, 7) is 2.01. The van der Waals surface area contributed by atoms with Gasteiger partial charge in [-0.25, -0.2) is 4.21 Å². The average Bonchev–Trinajstić information content (AvgIpc) is 2.01. The molecule has 1 unspecified atom stereocenters. The van der Waals surface area contributed by atoms with Gasteiger partial charge in [-0.2, -0.15) is 0 Å². The average molecular weight is 184 g/mol. The van der Waals surface area contributed by atoms with Gasteiger partial charge in [0.15, 0.2) is 11.1 Å². The smallest absolute Gasteiger partial charge is 0.153 e. The first-order valence-electron chi connectivity index (χ1n) is 3.81. The number of hydrogen-bond donors (Lipinski definition) is 1. The maximum Gasteiger partial charge on any atom is 0.153 e. The van der Waals surface area contributed by atoms with Crippen LogP contribution in [0.2, 0.25) is 0 Å². The third-order valence-corrected chi connectivity index (χ3v) is 2.20. The first-order chi connectivity index (χ1) is 5.68. The van der Waals surface area contributed by atoms with Gasteiger partial charge in [0.05, 0.1) is 5.75 Å². The fraction of sp³-hybridized carbons (Fsp3) is 0.333. The number of rotatable bonds is 3. The SMILES string of the molecule is Cc1cccc(CCS(=O)O)c1. The minimum Gasteiger partial charge on any atom is -0.306 e. The highest BCUT2D eigenvalue weighted by Gasteiger charge is 1.96. The third kappa shape index (κ3) is 3.15. The lowest BCUT2D eigenvalue weighted by Crippen LogP contribution is -1.98. The summed E-state index contributed by atoms with van der Waals surface area (Å²) in [7, 11) is 0. The molecule has 66 valence electrons. The van der Waals surface area contributed by atoms with Gasteiger partial charge in [-0.3, -0.25) is 0 Å². The van der Waals surface area contributed by atoms with Crippen molar-refractivity contribution in [3.63, 3.8) is 0 Å². The monoisotopic (exact) mass is 184 g/mol. The van der Waals surface area contributed by atoms with Crippen molar-refractivity contribution in [2.45, 2.75) is 13.3 Å². The quantitative estimate of drug-likeness (QED) is 0.727. The molecule has 0 aliphatic carbocycles. The molecule has 0 heterocycles. The summed E-state index contributed by atoms with van der Waals surface area (Å²) in [5, 5.41) is 0. The van der Waals surface area contributed by atoms with Crippen molar-refractivity contribution in [3.8, 4) is 0 Å². The van der Waals surface area contributed by atoms with E-state index >= 15 is 0 Å². The van der Waals surface area contributed by atoms with Gasteiger partial charge in [-0.15, -0.1) is 0 Å². The first-order valence-corrected chi connectivity index (χ1v) is 5.09. The van der Waals surface area contributed by atoms with E-state index in [-0.39, 0.29) is 0 Å². The molecule has 1 atom stereocenters. The Hall–Kier alpha value is -0.670. The Morgan fingerprint density at radius 3 is 2.83 bits per heavy atom. The van der Waals surface area contributed by atoms with Gasteiger partial charge in [0.25, 0.3) is 0 Å². The maximum absolute atomic E-state index is 10.4. The van der Waals surface area contributed by atoms with E-state index in [0.29, 0.717) is 12.2 Å². The van der Waals surface area contributed by atoms with Crippen LogP contribution in [-0.4, -0.2) is 14.5 Å². The van der Waals surface area contributed by atoms with Crippen LogP contribution >= 0.6 is 0 Å². The summed E-state index contributed by atoms with van der Waals surface area (Å²) in [6, 6.07) is 7.98. The summed E-state index contributed by atoms with van der Waals surface area (Å²) in [5.41, 5.74) is 2.31. The Balaban J connectivity index is 2.57. The summed E-state index contributed by atoms with van der Waals surface area (Å²) < 4.78 is 18.9. The fourth-order valence-electron chi connectivity index (χ4n) is 1.07. The maximum atomic E-state index is 10.4. The van der Waals surface area contributed by atoms with Crippen molar-refractivity contribution in [2.24, 2.45) is 0 Å². The minimum atomic E-state index is -1.67. The Bertz CT molecular complexity index is 284. The lowest BCUT2D eigenvalue weighted by molar-refractivity contribution is 0.563. The molecule has 1 aromatic rings. The Morgan fingerprint density at radius 1 is 1.50 bits per heavy atom. The molecule has 0 saturated carbocycles. The minimum absolute atomic E-state index is 0.323. The summed E-state index contributed by atoms with van der Waals surface area (Å²) in [6.07, 6.45) is 0.671. The van der Waals surface area contributed by atoms with E-state index in [2.05, 4.69) is 0 Å². The number of aryl methyl sites for hydroxylation is 2. The van der Waals surface area contributed by atoms with Crippen molar-refractivity contribution in [1.82, 2.24) is 0 Å². The molecule has 0 aromatic heterocycles. The highest BCUT2D eigenvalue weighted by Crippen LogP contribution is 2.04. The van der Waals surface area contributed by atoms with Crippen LogP contribution in [0.5, 0.6) is 0 Å². The van der Waals surface area contributed by atoms with Crippen molar-refractivity contribution < 1.29 is 8.76 Å². The molecule has 0 spiro atoms. The van der Waals surface area contributed by atoms with Gasteiger partial charge in [0.1, 0.15) is 0 Å². The molecule has 0 amide bonds. The van der Waals surface area contributed by atoms with E-state index in [4.69, 9.17) is 4.55 Å². The molecule has 0 radical (unpaired) electrons. The lowest BCUT2D eigenvalue weighted by Gasteiger charge is -1.99. The Labute approximate surface area is 74.9 Å². The van der Waals surface area contributed by atoms with Crippen LogP contribution < -0.4 is 0 Å². The molecule has 0 aliphatic heterocycles. The van der Waals surface area contributed by atoms with Gasteiger partial charge < -0.3 is 4.55 Å². The molecule has 3 heteroatoms. The molecular weight excluding hydrogens is 172 g/mol. The van der Waals surface area contributed by atoms with Crippen LogP contribution in [-0.2, 0) is 17.5 Å². The second-order valence-corrected chi connectivity index (χ2v) is 3.82. The predicted molar refractivity (Wildman–Crippen MR) is 50.5 cm³/mol. The molecule has 0 bridgehead atoms. The highest BCUT2D eigenvalue weighted by molar-refractivity contribution is 7.79. The van der Waals surface area contributed by atoms with E-state index in [1.807, 2.05) is 31.2 Å². The standard InChI is InChI=1S/C9H12O2S/c1-8-3-2-4-9(7-8)5-6-12(10)11/h2-4,7H,5-6H2,1H3,(H,10,11). The molecule has 0 saturated heterocycles. The van der Waals surface area contributed by atoms with E-state index in [1.54, 1.807) is 0 Å². The summed E-state index contributed by atoms with van der Waals surface area (Å²) >= 11 is -1.67. The molecule has 0 aliphatic rings. The van der Waals surface area contributed by atoms with E-state index in [9.17, 15) is 4.21 Å². The highest BCUT2D eigenvalue weighted by atomic mass is 32.2. The molecule has 12 heavy (non-hydrogen) atoms. The third-order valence-electron chi connectivity index (χ3n) is 1.65. The lowest BCUT2D eigenvalue weighted by atomic mass is 10.1. The molecule has 1 aromatic carbocycles. The van der Waals surface area contributed by atoms with Crippen LogP contribution in [0.15, 0.2) is 24.3 Å². The largest absolute Gasteiger partial charge is 0.306 e. The molecule has 1 N–H and O–H groups in total. The van der Waals surface area contributed by atoms with Gasteiger partial charge in [-0.1, -0.05) is 29.8 Å². The van der Waals surface area contributed by atoms with Gasteiger partial charge in [0.2, 0.25) is 0 Å². The second-order valence-electron chi connectivity index (χ2n) is 2.76. The van der Waals surface area contributed by atoms with Crippen LogP contribution in [0.4, 0.5) is 0 Å². The molecule has 0 fully saturated rings. The molecule has 1 rings (SSSR count). The number of benzene rings is 1. The predicted octanol–water partition coefficient (Wildman–Crippen LogP) is 1.76. The Kier molecular flexibility index (Phi) is 3.44. The zero-order valence-electron chi connectivity index (χ0n) is 6.99. The molecule has 2 nitrogen and oxygen atoms in total. The van der Waals surface area contributed by atoms with Crippen molar-refractivity contribution >= 4 is 11.1 Å². The van der Waals surface area contributed by atoms with Gasteiger partial charge in [0, 0.05) is 0 Å². The van der Waals surface area contributed by atoms with Crippen molar-refractivity contribution in [2.75, 3.05) is 5.75 Å². The fourth-order valence-corrected chi connectivity index (χ4v) is 1.48. The summed E-state index contributed by atoms with van der Waals surface area (Å²) in [5.74, 6) is 0.323. The van der Waals surface area contributed by atoms with Gasteiger partial charge in [-0.05, 0) is 18.9 Å². The first kappa shape index (κ1) is 9.42. The zero-order chi connectivity index (χ0) is 8.97. The van der Waals surface area contributed by atoms with Crippen LogP contribution in [0.1, 0.15) is 11.1 Å². The number of hydrogen-bond acceptors (Lipinski definition) is 1. The van der Waals surface area contributed by atoms with Crippen LogP contribution in [0.3, 0.4) is 0 Å². The second kappa shape index (κ2) is 4.38. The van der Waals surface area contributed by atoms with E-state index in [0.717, 1.165) is 5.56 Å². The normalized spacial score (nSPS) is 12.8. The Morgan fingerprint density at radius 2 is 2.25 bits per heavy atom. The van der Waals surface area contributed by atoms with Crippen molar-refractivity contribution in [1.29, 1.82) is 0 Å². The van der Waals surface area contributed by atoms with Crippen LogP contribution in [0.25, 0.3) is 0 Å². The van der Waals surface area contributed by atoms with E-state index < -0.39 is 11.1 Å².